The lowest BCUT2D eigenvalue weighted by Crippen LogP contribution is -2.38. The number of amides is 1. The van der Waals surface area contributed by atoms with Crippen LogP contribution in [0.25, 0.3) is 10.9 Å². The van der Waals surface area contributed by atoms with Crippen molar-refractivity contribution >= 4 is 16.8 Å². The molecule has 1 aromatic carbocycles. The minimum absolute atomic E-state index is 0.0125. The molecular weight excluding hydrogens is 378 g/mol. The number of ether oxygens (including phenoxy) is 2. The van der Waals surface area contributed by atoms with Crippen LogP contribution in [-0.4, -0.2) is 60.9 Å². The molecule has 0 radical (unpaired) electrons. The summed E-state index contributed by atoms with van der Waals surface area (Å²) in [5.41, 5.74) is 1.74. The van der Waals surface area contributed by atoms with Gasteiger partial charge in [-0.3, -0.25) is 4.79 Å². The van der Waals surface area contributed by atoms with Gasteiger partial charge in [0.1, 0.15) is 11.4 Å². The first-order valence-electron chi connectivity index (χ1n) is 11.6. The van der Waals surface area contributed by atoms with Crippen LogP contribution in [0.2, 0.25) is 0 Å². The van der Waals surface area contributed by atoms with E-state index in [-0.39, 0.29) is 12.0 Å². The highest BCUT2D eigenvalue weighted by Gasteiger charge is 2.22. The molecule has 2 saturated heterocycles. The molecule has 0 aliphatic carbocycles. The van der Waals surface area contributed by atoms with E-state index in [2.05, 4.69) is 20.9 Å². The van der Waals surface area contributed by atoms with Crippen molar-refractivity contribution < 1.29 is 14.3 Å². The van der Waals surface area contributed by atoms with Crippen molar-refractivity contribution in [3.05, 3.63) is 30.0 Å². The molecule has 0 spiro atoms. The number of benzene rings is 1. The molecule has 164 valence electrons. The summed E-state index contributed by atoms with van der Waals surface area (Å²) >= 11 is 0. The third kappa shape index (κ3) is 4.98. The lowest BCUT2D eigenvalue weighted by molar-refractivity contribution is 0.00637. The number of nitrogens with one attached hydrogen (secondary N) is 1. The standard InChI is InChI=1S/C24H35N3O3/c1-2-29-23-11-8-10-21-20(23)17-22(27(21)18-19-9-4-7-16-30-19)24(28)25-12-15-26-13-5-3-6-14-26/h8,10-11,17,19H,2-7,9,12-16,18H2,1H3,(H,25,28). The normalized spacial score (nSPS) is 20.4. The second-order valence-corrected chi connectivity index (χ2v) is 8.41. The number of likely N-dealkylation sites (tertiary alicyclic amines) is 1. The Morgan fingerprint density at radius 3 is 2.83 bits per heavy atom. The number of hydrogen-bond acceptors (Lipinski definition) is 4. The van der Waals surface area contributed by atoms with Gasteiger partial charge >= 0.3 is 0 Å². The Bertz CT molecular complexity index is 836. The Hall–Kier alpha value is -2.05. The van der Waals surface area contributed by atoms with Gasteiger partial charge in [-0.15, -0.1) is 0 Å². The van der Waals surface area contributed by atoms with Gasteiger partial charge in [-0.2, -0.15) is 0 Å². The molecule has 1 N–H and O–H groups in total. The van der Waals surface area contributed by atoms with Gasteiger partial charge < -0.3 is 24.3 Å². The third-order valence-corrected chi connectivity index (χ3v) is 6.26. The monoisotopic (exact) mass is 413 g/mol. The van der Waals surface area contributed by atoms with E-state index in [1.807, 2.05) is 25.1 Å². The molecule has 2 aromatic rings. The molecule has 1 amide bonds. The molecule has 30 heavy (non-hydrogen) atoms. The molecule has 2 aliphatic rings. The number of rotatable bonds is 8. The number of carbonyl (C=O) groups excluding carboxylic acids is 1. The van der Waals surface area contributed by atoms with Gasteiger partial charge in [0.25, 0.3) is 5.91 Å². The van der Waals surface area contributed by atoms with Crippen LogP contribution in [0.4, 0.5) is 0 Å². The van der Waals surface area contributed by atoms with E-state index < -0.39 is 0 Å². The van der Waals surface area contributed by atoms with Gasteiger partial charge in [0, 0.05) is 31.6 Å². The highest BCUT2D eigenvalue weighted by molar-refractivity contribution is 6.00. The summed E-state index contributed by atoms with van der Waals surface area (Å²) < 4.78 is 13.9. The van der Waals surface area contributed by atoms with Crippen LogP contribution >= 0.6 is 0 Å². The first-order valence-corrected chi connectivity index (χ1v) is 11.6. The lowest BCUT2D eigenvalue weighted by Gasteiger charge is -2.26. The Labute approximate surface area is 179 Å². The molecule has 6 heteroatoms. The molecule has 1 aromatic heterocycles. The fourth-order valence-corrected chi connectivity index (χ4v) is 4.68. The number of aromatic nitrogens is 1. The fraction of sp³-hybridized carbons (Fsp3) is 0.625. The molecule has 4 rings (SSSR count). The van der Waals surface area contributed by atoms with E-state index in [0.29, 0.717) is 25.4 Å². The quantitative estimate of drug-likeness (QED) is 0.715. The van der Waals surface area contributed by atoms with Crippen LogP contribution in [0.5, 0.6) is 5.75 Å². The number of fused-ring (bicyclic) bond motifs is 1. The van der Waals surface area contributed by atoms with Gasteiger partial charge in [0.05, 0.1) is 18.2 Å². The average molecular weight is 414 g/mol. The predicted molar refractivity (Wildman–Crippen MR) is 119 cm³/mol. The van der Waals surface area contributed by atoms with E-state index in [1.54, 1.807) is 0 Å². The summed E-state index contributed by atoms with van der Waals surface area (Å²) in [5, 5.41) is 4.15. The first kappa shape index (κ1) is 21.2. The number of nitrogens with zero attached hydrogens (tertiary/aromatic N) is 2. The van der Waals surface area contributed by atoms with Crippen LogP contribution in [0, 0.1) is 0 Å². The summed E-state index contributed by atoms with van der Waals surface area (Å²) in [6.45, 7) is 7.99. The second kappa shape index (κ2) is 10.3. The Morgan fingerprint density at radius 2 is 2.07 bits per heavy atom. The lowest BCUT2D eigenvalue weighted by atomic mass is 10.1. The molecule has 3 heterocycles. The molecule has 1 unspecified atom stereocenters. The largest absolute Gasteiger partial charge is 0.493 e. The van der Waals surface area contributed by atoms with Crippen molar-refractivity contribution in [1.29, 1.82) is 0 Å². The third-order valence-electron chi connectivity index (χ3n) is 6.26. The van der Waals surface area contributed by atoms with Gasteiger partial charge in [0.15, 0.2) is 0 Å². The van der Waals surface area contributed by atoms with Crippen molar-refractivity contribution in [3.8, 4) is 5.75 Å². The molecule has 1 atom stereocenters. The zero-order valence-corrected chi connectivity index (χ0v) is 18.2. The summed E-state index contributed by atoms with van der Waals surface area (Å²) in [6.07, 6.45) is 7.38. The van der Waals surface area contributed by atoms with Gasteiger partial charge in [-0.1, -0.05) is 12.5 Å². The summed E-state index contributed by atoms with van der Waals surface area (Å²) in [6, 6.07) is 8.04. The van der Waals surface area contributed by atoms with Crippen LogP contribution in [0.1, 0.15) is 55.9 Å². The SMILES string of the molecule is CCOc1cccc2c1cc(C(=O)NCCN1CCCCC1)n2CC1CCCCO1. The topological polar surface area (TPSA) is 55.7 Å². The van der Waals surface area contributed by atoms with E-state index in [0.717, 1.165) is 55.7 Å². The summed E-state index contributed by atoms with van der Waals surface area (Å²) in [7, 11) is 0. The Balaban J connectivity index is 1.53. The zero-order chi connectivity index (χ0) is 20.8. The number of carbonyl (C=O) groups is 1. The van der Waals surface area contributed by atoms with E-state index in [1.165, 1.54) is 25.7 Å². The van der Waals surface area contributed by atoms with Crippen LogP contribution in [-0.2, 0) is 11.3 Å². The van der Waals surface area contributed by atoms with Crippen molar-refractivity contribution in [3.63, 3.8) is 0 Å². The van der Waals surface area contributed by atoms with Gasteiger partial charge in [0.2, 0.25) is 0 Å². The molecular formula is C24H35N3O3. The summed E-state index contributed by atoms with van der Waals surface area (Å²) in [4.78, 5) is 15.6. The minimum atomic E-state index is -0.0125. The Kier molecular flexibility index (Phi) is 7.28. The number of piperidine rings is 1. The zero-order valence-electron chi connectivity index (χ0n) is 18.2. The fourth-order valence-electron chi connectivity index (χ4n) is 4.68. The maximum absolute atomic E-state index is 13.2. The molecule has 2 fully saturated rings. The highest BCUT2D eigenvalue weighted by Crippen LogP contribution is 2.30. The Morgan fingerprint density at radius 1 is 1.20 bits per heavy atom. The van der Waals surface area contributed by atoms with Crippen molar-refractivity contribution in [2.24, 2.45) is 0 Å². The maximum atomic E-state index is 13.2. The molecule has 6 nitrogen and oxygen atoms in total. The van der Waals surface area contributed by atoms with E-state index in [9.17, 15) is 4.79 Å². The minimum Gasteiger partial charge on any atom is -0.493 e. The van der Waals surface area contributed by atoms with Crippen LogP contribution in [0.15, 0.2) is 24.3 Å². The molecule has 2 aliphatic heterocycles. The van der Waals surface area contributed by atoms with Crippen molar-refractivity contribution in [2.75, 3.05) is 39.4 Å². The predicted octanol–water partition coefficient (Wildman–Crippen LogP) is 3.82. The number of hydrogen-bond donors (Lipinski definition) is 1. The molecule has 0 bridgehead atoms. The van der Waals surface area contributed by atoms with Gasteiger partial charge in [-0.05, 0) is 70.3 Å². The maximum Gasteiger partial charge on any atom is 0.267 e. The second-order valence-electron chi connectivity index (χ2n) is 8.41. The van der Waals surface area contributed by atoms with Crippen LogP contribution in [0.3, 0.4) is 0 Å². The van der Waals surface area contributed by atoms with E-state index in [4.69, 9.17) is 9.47 Å². The van der Waals surface area contributed by atoms with Crippen molar-refractivity contribution in [2.45, 2.75) is 58.1 Å². The summed E-state index contributed by atoms with van der Waals surface area (Å²) in [5.74, 6) is 0.821. The highest BCUT2D eigenvalue weighted by atomic mass is 16.5. The average Bonchev–Trinajstić information content (AvgIpc) is 3.15. The molecule has 0 saturated carbocycles. The van der Waals surface area contributed by atoms with E-state index >= 15 is 0 Å². The first-order chi connectivity index (χ1) is 14.8. The van der Waals surface area contributed by atoms with Crippen LogP contribution < -0.4 is 10.1 Å². The van der Waals surface area contributed by atoms with Crippen molar-refractivity contribution in [1.82, 2.24) is 14.8 Å². The smallest absolute Gasteiger partial charge is 0.267 e. The van der Waals surface area contributed by atoms with Gasteiger partial charge in [-0.25, -0.2) is 0 Å².